The zero-order chi connectivity index (χ0) is 20.6. The first-order valence-electron chi connectivity index (χ1n) is 8.91. The number of nitrogen functional groups attached to an aromatic ring is 1. The van der Waals surface area contributed by atoms with Gasteiger partial charge in [0.2, 0.25) is 5.91 Å². The highest BCUT2D eigenvalue weighted by atomic mass is 32.2. The number of thiophene rings is 1. The van der Waals surface area contributed by atoms with Crippen LogP contribution in [0.5, 0.6) is 0 Å². The first-order chi connectivity index (χ1) is 13.8. The maximum absolute atomic E-state index is 12.8. The summed E-state index contributed by atoms with van der Waals surface area (Å²) >= 11 is 1.15. The van der Waals surface area contributed by atoms with E-state index in [1.54, 1.807) is 47.6 Å². The maximum atomic E-state index is 12.8. The molecule has 2 aromatic heterocycles. The van der Waals surface area contributed by atoms with Crippen LogP contribution in [0.25, 0.3) is 10.1 Å². The van der Waals surface area contributed by atoms with Gasteiger partial charge in [-0.1, -0.05) is 18.2 Å². The van der Waals surface area contributed by atoms with Crippen molar-refractivity contribution in [1.29, 1.82) is 5.41 Å². The molecule has 0 spiro atoms. The fourth-order valence-corrected chi connectivity index (χ4v) is 5.91. The second-order valence-electron chi connectivity index (χ2n) is 6.82. The van der Waals surface area contributed by atoms with E-state index in [2.05, 4.69) is 9.71 Å². The lowest BCUT2D eigenvalue weighted by Crippen LogP contribution is -2.41. The molecule has 1 aliphatic rings. The summed E-state index contributed by atoms with van der Waals surface area (Å²) in [5.74, 6) is -0.298. The first kappa shape index (κ1) is 19.5. The van der Waals surface area contributed by atoms with Crippen LogP contribution >= 0.6 is 11.3 Å². The number of nitrogens with two attached hydrogens (primary N) is 1. The Hall–Kier alpha value is -2.82. The van der Waals surface area contributed by atoms with Crippen molar-refractivity contribution in [3.05, 3.63) is 59.9 Å². The van der Waals surface area contributed by atoms with Crippen molar-refractivity contribution in [2.24, 2.45) is 5.73 Å². The highest BCUT2D eigenvalue weighted by Gasteiger charge is 2.35. The van der Waals surface area contributed by atoms with E-state index in [-0.39, 0.29) is 16.0 Å². The summed E-state index contributed by atoms with van der Waals surface area (Å²) in [5, 5.41) is 8.28. The zero-order valence-electron chi connectivity index (χ0n) is 15.3. The number of rotatable bonds is 6. The average Bonchev–Trinajstić information content (AvgIpc) is 3.27. The summed E-state index contributed by atoms with van der Waals surface area (Å²) in [6.45, 7) is 0.791. The zero-order valence-corrected chi connectivity index (χ0v) is 17.0. The summed E-state index contributed by atoms with van der Waals surface area (Å²) in [6, 6.07) is 9.66. The van der Waals surface area contributed by atoms with Crippen molar-refractivity contribution in [3.63, 3.8) is 0 Å². The van der Waals surface area contributed by atoms with Gasteiger partial charge in [0.05, 0.1) is 0 Å². The van der Waals surface area contributed by atoms with Gasteiger partial charge in [0.1, 0.15) is 16.1 Å². The lowest BCUT2D eigenvalue weighted by atomic mass is 10.1. The number of fused-ring (bicyclic) bond motifs is 1. The van der Waals surface area contributed by atoms with E-state index >= 15 is 0 Å². The molecule has 1 aliphatic heterocycles. The van der Waals surface area contributed by atoms with E-state index in [1.165, 1.54) is 0 Å². The van der Waals surface area contributed by atoms with E-state index < -0.39 is 16.1 Å². The Balaban J connectivity index is 1.47. The Morgan fingerprint density at radius 2 is 2.17 bits per heavy atom. The molecule has 0 radical (unpaired) electrons. The van der Waals surface area contributed by atoms with Gasteiger partial charge in [-0.05, 0) is 30.2 Å². The summed E-state index contributed by atoms with van der Waals surface area (Å²) in [4.78, 5) is 18.3. The molecule has 29 heavy (non-hydrogen) atoms. The van der Waals surface area contributed by atoms with Crippen molar-refractivity contribution in [2.75, 3.05) is 6.54 Å². The molecule has 3 heterocycles. The van der Waals surface area contributed by atoms with E-state index in [9.17, 15) is 13.2 Å². The second-order valence-corrected chi connectivity index (χ2v) is 9.84. The van der Waals surface area contributed by atoms with Crippen LogP contribution in [0.4, 0.5) is 0 Å². The van der Waals surface area contributed by atoms with E-state index in [0.717, 1.165) is 27.0 Å². The molecular formula is C19H19N5O3S2. The fourth-order valence-electron chi connectivity index (χ4n) is 3.30. The molecule has 1 aromatic carbocycles. The third-order valence-corrected chi connectivity index (χ3v) is 7.83. The summed E-state index contributed by atoms with van der Waals surface area (Å²) in [5.41, 5.74) is 6.94. The molecule has 0 bridgehead atoms. The molecule has 3 aromatic rings. The van der Waals surface area contributed by atoms with Gasteiger partial charge >= 0.3 is 0 Å². The van der Waals surface area contributed by atoms with Gasteiger partial charge in [-0.3, -0.25) is 15.2 Å². The van der Waals surface area contributed by atoms with Crippen LogP contribution in [0.15, 0.2) is 53.0 Å². The van der Waals surface area contributed by atoms with Gasteiger partial charge in [-0.2, -0.15) is 4.72 Å². The van der Waals surface area contributed by atoms with Crippen molar-refractivity contribution in [2.45, 2.75) is 23.2 Å². The number of amidine groups is 1. The number of hydrogen-bond acceptors (Lipinski definition) is 6. The van der Waals surface area contributed by atoms with Crippen molar-refractivity contribution in [1.82, 2.24) is 14.6 Å². The monoisotopic (exact) mass is 429 g/mol. The Morgan fingerprint density at radius 1 is 1.34 bits per heavy atom. The summed E-state index contributed by atoms with van der Waals surface area (Å²) < 4.78 is 29.1. The largest absolute Gasteiger partial charge is 0.384 e. The molecule has 1 fully saturated rings. The minimum Gasteiger partial charge on any atom is -0.384 e. The predicted octanol–water partition coefficient (Wildman–Crippen LogP) is 1.66. The van der Waals surface area contributed by atoms with Crippen molar-refractivity contribution >= 4 is 43.2 Å². The summed E-state index contributed by atoms with van der Waals surface area (Å²) in [7, 11) is -3.80. The third-order valence-electron chi connectivity index (χ3n) is 4.77. The Labute approximate surface area is 171 Å². The Morgan fingerprint density at radius 3 is 2.93 bits per heavy atom. The molecule has 0 unspecified atom stereocenters. The molecule has 4 rings (SSSR count). The Kier molecular flexibility index (Phi) is 5.07. The maximum Gasteiger partial charge on any atom is 0.250 e. The van der Waals surface area contributed by atoms with Gasteiger partial charge in [0.15, 0.2) is 0 Å². The molecule has 10 heteroatoms. The van der Waals surface area contributed by atoms with E-state index in [4.69, 9.17) is 11.1 Å². The van der Waals surface area contributed by atoms with Gasteiger partial charge in [0, 0.05) is 41.1 Å². The molecular weight excluding hydrogens is 410 g/mol. The van der Waals surface area contributed by atoms with Gasteiger partial charge in [-0.25, -0.2) is 8.42 Å². The van der Waals surface area contributed by atoms with Crippen molar-refractivity contribution in [3.8, 4) is 0 Å². The van der Waals surface area contributed by atoms with Crippen LogP contribution in [0.2, 0.25) is 0 Å². The van der Waals surface area contributed by atoms with E-state index in [1.807, 2.05) is 6.07 Å². The SMILES string of the molecule is N=C(N)c1cccc(CN2CC[C@H](NS(=O)(=O)c3cc4cnccc4s3)C2=O)c1. The number of carbonyl (C=O) groups is 1. The standard InChI is InChI=1S/C19H19N5O3S2/c20-18(21)13-3-1-2-12(8-13)11-24-7-5-15(19(24)25)23-29(26,27)17-9-14-10-22-6-4-16(14)28-17/h1-4,6,8-10,15,23H,5,7,11H2,(H3,20,21)/t15-/m0/s1. The molecule has 1 saturated heterocycles. The third kappa shape index (κ3) is 4.00. The van der Waals surface area contributed by atoms with Crippen molar-refractivity contribution < 1.29 is 13.2 Å². The number of hydrogen-bond donors (Lipinski definition) is 3. The minimum absolute atomic E-state index is 0.0382. The van der Waals surface area contributed by atoms with Gasteiger partial charge in [-0.15, -0.1) is 11.3 Å². The molecule has 4 N–H and O–H groups in total. The summed E-state index contributed by atoms with van der Waals surface area (Å²) in [6.07, 6.45) is 3.63. The highest BCUT2D eigenvalue weighted by Crippen LogP contribution is 2.29. The van der Waals surface area contributed by atoms with Crippen LogP contribution in [-0.2, 0) is 21.4 Å². The number of sulfonamides is 1. The topological polar surface area (TPSA) is 129 Å². The number of nitrogens with zero attached hydrogens (tertiary/aromatic N) is 2. The molecule has 150 valence electrons. The molecule has 0 aliphatic carbocycles. The fraction of sp³-hybridized carbons (Fsp3) is 0.211. The lowest BCUT2D eigenvalue weighted by molar-refractivity contribution is -0.129. The first-order valence-corrected chi connectivity index (χ1v) is 11.2. The molecule has 1 amide bonds. The normalized spacial score (nSPS) is 17.2. The number of likely N-dealkylation sites (tertiary alicyclic amines) is 1. The van der Waals surface area contributed by atoms with Crippen LogP contribution in [0, 0.1) is 5.41 Å². The minimum atomic E-state index is -3.80. The highest BCUT2D eigenvalue weighted by molar-refractivity contribution is 7.91. The number of aromatic nitrogens is 1. The second kappa shape index (κ2) is 7.54. The van der Waals surface area contributed by atoms with Crippen LogP contribution in [-0.4, -0.2) is 42.6 Å². The molecule has 1 atom stereocenters. The predicted molar refractivity (Wildman–Crippen MR) is 111 cm³/mol. The lowest BCUT2D eigenvalue weighted by Gasteiger charge is -2.17. The number of benzene rings is 1. The van der Waals surface area contributed by atoms with E-state index in [0.29, 0.717) is 25.1 Å². The smallest absolute Gasteiger partial charge is 0.250 e. The number of pyridine rings is 1. The Bertz CT molecular complexity index is 1170. The number of amides is 1. The molecule has 0 saturated carbocycles. The number of carbonyl (C=O) groups excluding carboxylic acids is 1. The van der Waals surface area contributed by atoms with Crippen LogP contribution in [0.3, 0.4) is 0 Å². The van der Waals surface area contributed by atoms with Crippen LogP contribution < -0.4 is 10.5 Å². The quantitative estimate of drug-likeness (QED) is 0.405. The van der Waals surface area contributed by atoms with Gasteiger partial charge in [0.25, 0.3) is 10.0 Å². The van der Waals surface area contributed by atoms with Gasteiger partial charge < -0.3 is 10.6 Å². The average molecular weight is 430 g/mol. The number of nitrogens with one attached hydrogen (secondary N) is 2. The molecule has 8 nitrogen and oxygen atoms in total. The van der Waals surface area contributed by atoms with Crippen LogP contribution in [0.1, 0.15) is 17.5 Å².